The summed E-state index contributed by atoms with van der Waals surface area (Å²) in [6.07, 6.45) is 0.474. The van der Waals surface area contributed by atoms with E-state index in [0.717, 1.165) is 11.3 Å². The van der Waals surface area contributed by atoms with Crippen LogP contribution in [-0.4, -0.2) is 13.1 Å². The van der Waals surface area contributed by atoms with Gasteiger partial charge in [-0.2, -0.15) is 5.26 Å². The van der Waals surface area contributed by atoms with Gasteiger partial charge < -0.3 is 10.6 Å². The van der Waals surface area contributed by atoms with Crippen LogP contribution >= 0.6 is 11.6 Å². The van der Waals surface area contributed by atoms with Crippen molar-refractivity contribution < 1.29 is 0 Å². The van der Waals surface area contributed by atoms with Crippen molar-refractivity contribution in [3.63, 3.8) is 0 Å². The number of nitrogens with zero attached hydrogens (tertiary/aromatic N) is 2. The van der Waals surface area contributed by atoms with Crippen LogP contribution in [0.15, 0.2) is 18.2 Å². The van der Waals surface area contributed by atoms with Crippen LogP contribution in [0.25, 0.3) is 0 Å². The highest BCUT2D eigenvalue weighted by atomic mass is 35.5. The van der Waals surface area contributed by atoms with Gasteiger partial charge in [-0.25, -0.2) is 0 Å². The molecule has 17 heavy (non-hydrogen) atoms. The number of anilines is 1. The summed E-state index contributed by atoms with van der Waals surface area (Å²) in [5, 5.41) is 9.37. The highest BCUT2D eigenvalue weighted by Gasteiger charge is 2.13. The zero-order valence-electron chi connectivity index (χ0n) is 10.4. The van der Waals surface area contributed by atoms with Gasteiger partial charge in [0, 0.05) is 19.1 Å². The van der Waals surface area contributed by atoms with Crippen molar-refractivity contribution in [3.8, 4) is 6.07 Å². The van der Waals surface area contributed by atoms with Gasteiger partial charge in [0.1, 0.15) is 0 Å². The Kier molecular flexibility index (Phi) is 4.80. The molecule has 0 bridgehead atoms. The number of hydrogen-bond acceptors (Lipinski definition) is 3. The fraction of sp³-hybridized carbons (Fsp3) is 0.462. The normalized spacial score (nSPS) is 13.9. The Hall–Kier alpha value is -1.24. The molecule has 1 unspecified atom stereocenters. The molecule has 0 radical (unpaired) electrons. The van der Waals surface area contributed by atoms with Gasteiger partial charge in [0.25, 0.3) is 0 Å². The molecule has 0 spiro atoms. The zero-order valence-corrected chi connectivity index (χ0v) is 11.2. The first-order chi connectivity index (χ1) is 7.97. The summed E-state index contributed by atoms with van der Waals surface area (Å²) in [5.74, 6) is 0. The molecule has 0 fully saturated rings. The van der Waals surface area contributed by atoms with E-state index in [0.29, 0.717) is 11.4 Å². The minimum Gasteiger partial charge on any atom is -0.370 e. The monoisotopic (exact) mass is 251 g/mol. The van der Waals surface area contributed by atoms with Crippen LogP contribution < -0.4 is 10.6 Å². The van der Waals surface area contributed by atoms with E-state index in [4.69, 9.17) is 22.6 Å². The maximum Gasteiger partial charge on any atom is 0.0643 e. The fourth-order valence-electron chi connectivity index (χ4n) is 1.60. The Morgan fingerprint density at radius 3 is 2.59 bits per heavy atom. The Labute approximate surface area is 108 Å². The molecule has 1 aromatic rings. The topological polar surface area (TPSA) is 53.0 Å². The summed E-state index contributed by atoms with van der Waals surface area (Å²) in [5.41, 5.74) is 7.74. The summed E-state index contributed by atoms with van der Waals surface area (Å²) in [6.45, 7) is 3.92. The number of nitriles is 1. The second-order valence-electron chi connectivity index (χ2n) is 4.32. The van der Waals surface area contributed by atoms with Crippen LogP contribution in [0.4, 0.5) is 5.69 Å². The second kappa shape index (κ2) is 5.90. The molecule has 3 nitrogen and oxygen atoms in total. The maximum atomic E-state index is 8.69. The van der Waals surface area contributed by atoms with Crippen molar-refractivity contribution in [2.45, 2.75) is 32.4 Å². The first-order valence-electron chi connectivity index (χ1n) is 5.62. The Morgan fingerprint density at radius 1 is 1.47 bits per heavy atom. The second-order valence-corrected chi connectivity index (χ2v) is 4.73. The van der Waals surface area contributed by atoms with Crippen molar-refractivity contribution >= 4 is 17.3 Å². The molecular formula is C13H18ClN3. The lowest BCUT2D eigenvalue weighted by Gasteiger charge is -2.26. The third-order valence-electron chi connectivity index (χ3n) is 2.93. The van der Waals surface area contributed by atoms with Crippen LogP contribution in [-0.2, 0) is 0 Å². The predicted molar refractivity (Wildman–Crippen MR) is 72.1 cm³/mol. The van der Waals surface area contributed by atoms with Crippen LogP contribution in [0.1, 0.15) is 31.9 Å². The highest BCUT2D eigenvalue weighted by Crippen LogP contribution is 2.29. The molecule has 0 saturated heterocycles. The largest absolute Gasteiger partial charge is 0.370 e. The number of rotatable bonds is 4. The molecule has 2 atom stereocenters. The van der Waals surface area contributed by atoms with Crippen molar-refractivity contribution in [3.05, 3.63) is 28.8 Å². The lowest BCUT2D eigenvalue weighted by Crippen LogP contribution is -2.28. The highest BCUT2D eigenvalue weighted by molar-refractivity contribution is 6.33. The van der Waals surface area contributed by atoms with Crippen molar-refractivity contribution in [2.75, 3.05) is 11.9 Å². The molecule has 0 aliphatic carbocycles. The first-order valence-corrected chi connectivity index (χ1v) is 6.00. The molecule has 0 aromatic heterocycles. The van der Waals surface area contributed by atoms with Crippen LogP contribution in [0.5, 0.6) is 0 Å². The molecule has 0 heterocycles. The lowest BCUT2D eigenvalue weighted by molar-refractivity contribution is 0.702. The summed E-state index contributed by atoms with van der Waals surface area (Å²) < 4.78 is 0. The van der Waals surface area contributed by atoms with Crippen molar-refractivity contribution in [2.24, 2.45) is 5.73 Å². The van der Waals surface area contributed by atoms with Crippen LogP contribution in [0.2, 0.25) is 5.02 Å². The summed E-state index contributed by atoms with van der Waals surface area (Å²) >= 11 is 6.23. The van der Waals surface area contributed by atoms with E-state index in [2.05, 4.69) is 6.07 Å². The van der Waals surface area contributed by atoms with E-state index in [1.54, 1.807) is 0 Å². The van der Waals surface area contributed by atoms with Gasteiger partial charge in [-0.15, -0.1) is 0 Å². The van der Waals surface area contributed by atoms with E-state index < -0.39 is 0 Å². The van der Waals surface area contributed by atoms with Crippen LogP contribution in [0, 0.1) is 11.3 Å². The minimum absolute atomic E-state index is 0.0246. The van der Waals surface area contributed by atoms with Gasteiger partial charge in [0.15, 0.2) is 0 Å². The van der Waals surface area contributed by atoms with E-state index in [-0.39, 0.29) is 12.1 Å². The standard InChI is InChI=1S/C13H18ClN3/c1-9(6-7-15)17(3)13-5-4-11(10(2)16)8-12(13)14/h4-5,8-10H,6,16H2,1-3H3/t9?,10-/m1/s1. The summed E-state index contributed by atoms with van der Waals surface area (Å²) in [4.78, 5) is 2.01. The molecule has 0 saturated carbocycles. The number of halogens is 1. The molecule has 0 amide bonds. The van der Waals surface area contributed by atoms with Gasteiger partial charge in [0.2, 0.25) is 0 Å². The minimum atomic E-state index is -0.0246. The van der Waals surface area contributed by atoms with E-state index in [1.807, 2.05) is 44.0 Å². The van der Waals surface area contributed by atoms with Gasteiger partial charge in [-0.3, -0.25) is 0 Å². The quantitative estimate of drug-likeness (QED) is 0.895. The molecule has 1 rings (SSSR count). The molecule has 4 heteroatoms. The Morgan fingerprint density at radius 2 is 2.12 bits per heavy atom. The SMILES string of the molecule is CC(CC#N)N(C)c1ccc([C@@H](C)N)cc1Cl. The lowest BCUT2D eigenvalue weighted by atomic mass is 10.1. The van der Waals surface area contributed by atoms with Gasteiger partial charge in [-0.1, -0.05) is 17.7 Å². The number of hydrogen-bond donors (Lipinski definition) is 1. The third kappa shape index (κ3) is 3.36. The average Bonchev–Trinajstić information content (AvgIpc) is 2.28. The van der Waals surface area contributed by atoms with E-state index >= 15 is 0 Å². The smallest absolute Gasteiger partial charge is 0.0643 e. The third-order valence-corrected chi connectivity index (χ3v) is 3.23. The molecule has 0 aliphatic heterocycles. The number of benzene rings is 1. The van der Waals surface area contributed by atoms with Gasteiger partial charge in [0.05, 0.1) is 23.2 Å². The zero-order chi connectivity index (χ0) is 13.0. The summed E-state index contributed by atoms with van der Waals surface area (Å²) in [6, 6.07) is 8.09. The van der Waals surface area contributed by atoms with Crippen molar-refractivity contribution in [1.29, 1.82) is 5.26 Å². The fourth-order valence-corrected chi connectivity index (χ4v) is 1.92. The Bertz CT molecular complexity index is 423. The molecular weight excluding hydrogens is 234 g/mol. The summed E-state index contributed by atoms with van der Waals surface area (Å²) in [7, 11) is 1.94. The van der Waals surface area contributed by atoms with Crippen LogP contribution in [0.3, 0.4) is 0 Å². The van der Waals surface area contributed by atoms with Gasteiger partial charge >= 0.3 is 0 Å². The number of nitrogens with two attached hydrogens (primary N) is 1. The maximum absolute atomic E-state index is 8.69. The van der Waals surface area contributed by atoms with Gasteiger partial charge in [-0.05, 0) is 31.5 Å². The molecule has 2 N–H and O–H groups in total. The first kappa shape index (κ1) is 13.8. The molecule has 92 valence electrons. The van der Waals surface area contributed by atoms with E-state index in [1.165, 1.54) is 0 Å². The van der Waals surface area contributed by atoms with E-state index in [9.17, 15) is 0 Å². The Balaban J connectivity index is 2.96. The molecule has 0 aliphatic rings. The van der Waals surface area contributed by atoms with Crippen molar-refractivity contribution in [1.82, 2.24) is 0 Å². The molecule has 1 aromatic carbocycles. The average molecular weight is 252 g/mol. The predicted octanol–water partition coefficient (Wildman–Crippen LogP) is 3.10.